The molecule has 1 amide bonds. The number of carbonyl (C=O) groups excluding carboxylic acids is 1. The maximum absolute atomic E-state index is 12.5. The van der Waals surface area contributed by atoms with Crippen LogP contribution >= 0.6 is 0 Å². The van der Waals surface area contributed by atoms with Gasteiger partial charge in [-0.1, -0.05) is 12.1 Å². The summed E-state index contributed by atoms with van der Waals surface area (Å²) in [4.78, 5) is 41.1. The lowest BCUT2D eigenvalue weighted by atomic mass is 10.1. The number of aliphatic carboxylic acids is 1. The first-order valence-electron chi connectivity index (χ1n) is 7.88. The highest BCUT2D eigenvalue weighted by atomic mass is 16.4. The van der Waals surface area contributed by atoms with E-state index in [4.69, 9.17) is 5.11 Å². The van der Waals surface area contributed by atoms with E-state index >= 15 is 0 Å². The molecule has 0 atom stereocenters. The van der Waals surface area contributed by atoms with E-state index in [0.29, 0.717) is 17.4 Å². The first-order valence-corrected chi connectivity index (χ1v) is 7.88. The van der Waals surface area contributed by atoms with E-state index < -0.39 is 5.97 Å². The number of fused-ring (bicyclic) bond motifs is 1. The number of carboxylic acids is 1. The number of hydrogen-bond donors (Lipinski definition) is 1. The van der Waals surface area contributed by atoms with Gasteiger partial charge in [-0.2, -0.15) is 0 Å². The quantitative estimate of drug-likeness (QED) is 0.828. The lowest BCUT2D eigenvalue weighted by Crippen LogP contribution is -2.34. The predicted octanol–water partition coefficient (Wildman–Crippen LogP) is 1.42. The zero-order chi connectivity index (χ0) is 17.7. The number of carbonyl (C=O) groups is 2. The van der Waals surface area contributed by atoms with Crippen molar-refractivity contribution in [2.24, 2.45) is 0 Å². The minimum atomic E-state index is -0.938. The Labute approximate surface area is 139 Å². The number of hydrogen-bond acceptors (Lipinski definition) is 4. The van der Waals surface area contributed by atoms with Gasteiger partial charge in [-0.05, 0) is 25.5 Å². The molecule has 0 aliphatic carbocycles. The second-order valence-corrected chi connectivity index (χ2v) is 5.58. The van der Waals surface area contributed by atoms with Crippen molar-refractivity contribution in [2.45, 2.75) is 33.2 Å². The molecule has 1 aromatic heterocycles. The van der Waals surface area contributed by atoms with E-state index in [1.54, 1.807) is 19.1 Å². The van der Waals surface area contributed by atoms with Crippen molar-refractivity contribution < 1.29 is 14.7 Å². The van der Waals surface area contributed by atoms with Gasteiger partial charge < -0.3 is 10.0 Å². The Hall–Kier alpha value is -2.70. The van der Waals surface area contributed by atoms with Crippen LogP contribution in [0, 0.1) is 6.92 Å². The van der Waals surface area contributed by atoms with Crippen LogP contribution in [-0.2, 0) is 16.1 Å². The normalized spacial score (nSPS) is 10.8. The van der Waals surface area contributed by atoms with Crippen LogP contribution in [0.15, 0.2) is 29.3 Å². The van der Waals surface area contributed by atoms with E-state index in [1.165, 1.54) is 15.8 Å². The average molecular weight is 331 g/mol. The van der Waals surface area contributed by atoms with Crippen molar-refractivity contribution in [3.63, 3.8) is 0 Å². The molecule has 0 unspecified atom stereocenters. The third-order valence-electron chi connectivity index (χ3n) is 3.95. The number of aryl methyl sites for hydroxylation is 2. The van der Waals surface area contributed by atoms with Gasteiger partial charge in [0.1, 0.15) is 0 Å². The zero-order valence-corrected chi connectivity index (χ0v) is 13.9. The van der Waals surface area contributed by atoms with Gasteiger partial charge in [0.05, 0.1) is 23.7 Å². The fourth-order valence-corrected chi connectivity index (χ4v) is 2.56. The van der Waals surface area contributed by atoms with Crippen LogP contribution in [0.2, 0.25) is 0 Å². The van der Waals surface area contributed by atoms with E-state index in [2.05, 4.69) is 4.98 Å². The maximum atomic E-state index is 12.5. The fourth-order valence-electron chi connectivity index (χ4n) is 2.56. The van der Waals surface area contributed by atoms with Gasteiger partial charge >= 0.3 is 5.97 Å². The third-order valence-corrected chi connectivity index (χ3v) is 3.95. The molecule has 1 N–H and O–H groups in total. The molecule has 0 spiro atoms. The van der Waals surface area contributed by atoms with Crippen LogP contribution in [0.1, 0.15) is 25.3 Å². The van der Waals surface area contributed by atoms with E-state index in [-0.39, 0.29) is 37.4 Å². The minimum absolute atomic E-state index is 0.0870. The van der Waals surface area contributed by atoms with Crippen LogP contribution in [-0.4, -0.2) is 44.5 Å². The number of rotatable bonds is 7. The molecule has 0 bridgehead atoms. The van der Waals surface area contributed by atoms with E-state index in [0.717, 1.165) is 5.56 Å². The Morgan fingerprint density at radius 3 is 2.71 bits per heavy atom. The largest absolute Gasteiger partial charge is 0.481 e. The monoisotopic (exact) mass is 331 g/mol. The van der Waals surface area contributed by atoms with Crippen LogP contribution in [0.4, 0.5) is 0 Å². The lowest BCUT2D eigenvalue weighted by molar-refractivity contribution is -0.138. The zero-order valence-electron chi connectivity index (χ0n) is 13.9. The lowest BCUT2D eigenvalue weighted by Gasteiger charge is -2.20. The molecule has 1 heterocycles. The summed E-state index contributed by atoms with van der Waals surface area (Å²) < 4.78 is 1.42. The molecule has 128 valence electrons. The summed E-state index contributed by atoms with van der Waals surface area (Å²) in [7, 11) is 0. The molecule has 0 fully saturated rings. The fraction of sp³-hybridized carbons (Fsp3) is 0.412. The maximum Gasteiger partial charge on any atom is 0.305 e. The SMILES string of the molecule is CCN(CCC(=O)O)C(=O)CCn1cnc2c(C)cccc2c1=O. The molecular formula is C17H21N3O4. The summed E-state index contributed by atoms with van der Waals surface area (Å²) in [6.07, 6.45) is 1.50. The molecule has 1 aromatic carbocycles. The Kier molecular flexibility index (Phi) is 5.68. The second-order valence-electron chi connectivity index (χ2n) is 5.58. The first-order chi connectivity index (χ1) is 11.4. The Morgan fingerprint density at radius 2 is 2.04 bits per heavy atom. The van der Waals surface area contributed by atoms with Gasteiger partial charge in [0.2, 0.25) is 5.91 Å². The van der Waals surface area contributed by atoms with Crippen LogP contribution in [0.25, 0.3) is 10.9 Å². The number of nitrogens with zero attached hydrogens (tertiary/aromatic N) is 3. The Bertz CT molecular complexity index is 813. The number of amides is 1. The minimum Gasteiger partial charge on any atom is -0.481 e. The first kappa shape index (κ1) is 17.7. The molecule has 0 radical (unpaired) electrons. The summed E-state index contributed by atoms with van der Waals surface area (Å²) >= 11 is 0. The van der Waals surface area contributed by atoms with Crippen LogP contribution in [0.5, 0.6) is 0 Å². The number of benzene rings is 1. The van der Waals surface area contributed by atoms with Crippen molar-refractivity contribution in [3.8, 4) is 0 Å². The summed E-state index contributed by atoms with van der Waals surface area (Å²) in [5, 5.41) is 9.25. The third kappa shape index (κ3) is 3.98. The van der Waals surface area contributed by atoms with Crippen molar-refractivity contribution >= 4 is 22.8 Å². The van der Waals surface area contributed by atoms with Crippen LogP contribution in [0.3, 0.4) is 0 Å². The van der Waals surface area contributed by atoms with Crippen molar-refractivity contribution in [2.75, 3.05) is 13.1 Å². The van der Waals surface area contributed by atoms with Crippen molar-refractivity contribution in [1.82, 2.24) is 14.5 Å². The summed E-state index contributed by atoms with van der Waals surface area (Å²) in [6, 6.07) is 5.42. The highest BCUT2D eigenvalue weighted by molar-refractivity contribution is 5.80. The molecule has 0 saturated carbocycles. The van der Waals surface area contributed by atoms with Gasteiger partial charge in [0, 0.05) is 26.1 Å². The van der Waals surface area contributed by atoms with Gasteiger partial charge in [-0.25, -0.2) is 4.98 Å². The highest BCUT2D eigenvalue weighted by Crippen LogP contribution is 2.11. The highest BCUT2D eigenvalue weighted by Gasteiger charge is 2.14. The Balaban J connectivity index is 2.10. The molecular weight excluding hydrogens is 310 g/mol. The number of para-hydroxylation sites is 1. The van der Waals surface area contributed by atoms with Gasteiger partial charge in [0.15, 0.2) is 0 Å². The molecule has 2 aromatic rings. The molecule has 0 aliphatic rings. The Morgan fingerprint density at radius 1 is 1.29 bits per heavy atom. The predicted molar refractivity (Wildman–Crippen MR) is 89.9 cm³/mol. The summed E-state index contributed by atoms with van der Waals surface area (Å²) in [5.41, 5.74) is 1.42. The van der Waals surface area contributed by atoms with Crippen molar-refractivity contribution in [1.29, 1.82) is 0 Å². The molecule has 0 saturated heterocycles. The molecule has 24 heavy (non-hydrogen) atoms. The molecule has 7 heteroatoms. The topological polar surface area (TPSA) is 92.5 Å². The van der Waals surface area contributed by atoms with E-state index in [9.17, 15) is 14.4 Å². The smallest absolute Gasteiger partial charge is 0.305 e. The molecule has 0 aliphatic heterocycles. The summed E-state index contributed by atoms with van der Waals surface area (Å²) in [5.74, 6) is -1.11. The number of carboxylic acid groups (broad SMARTS) is 1. The number of aromatic nitrogens is 2. The standard InChI is InChI=1S/C17H21N3O4/c1-3-19(10-8-15(22)23)14(21)7-9-20-11-18-16-12(2)5-4-6-13(16)17(20)24/h4-6,11H,3,7-10H2,1-2H3,(H,22,23). The molecule has 2 rings (SSSR count). The second kappa shape index (κ2) is 7.72. The summed E-state index contributed by atoms with van der Waals surface area (Å²) in [6.45, 7) is 4.53. The van der Waals surface area contributed by atoms with Gasteiger partial charge in [-0.15, -0.1) is 0 Å². The molecule has 7 nitrogen and oxygen atoms in total. The van der Waals surface area contributed by atoms with Gasteiger partial charge in [0.25, 0.3) is 5.56 Å². The van der Waals surface area contributed by atoms with Gasteiger partial charge in [-0.3, -0.25) is 19.0 Å². The van der Waals surface area contributed by atoms with Crippen molar-refractivity contribution in [3.05, 3.63) is 40.4 Å². The average Bonchev–Trinajstić information content (AvgIpc) is 2.55. The van der Waals surface area contributed by atoms with E-state index in [1.807, 2.05) is 13.0 Å². The van der Waals surface area contributed by atoms with Crippen LogP contribution < -0.4 is 5.56 Å².